The number of alkyl halides is 1. The molecule has 0 amide bonds. The van der Waals surface area contributed by atoms with Crippen LogP contribution in [0.3, 0.4) is 0 Å². The second-order valence-electron chi connectivity index (χ2n) is 8.68. The van der Waals surface area contributed by atoms with Gasteiger partial charge in [-0.1, -0.05) is 12.1 Å². The van der Waals surface area contributed by atoms with Gasteiger partial charge in [0.1, 0.15) is 11.5 Å². The predicted octanol–water partition coefficient (Wildman–Crippen LogP) is 4.07. The lowest BCUT2D eigenvalue weighted by Gasteiger charge is -2.46. The topological polar surface area (TPSA) is 52.2 Å². The highest BCUT2D eigenvalue weighted by molar-refractivity contribution is 6.21. The fourth-order valence-corrected chi connectivity index (χ4v) is 5.54. The molecule has 3 aliphatic rings. The van der Waals surface area contributed by atoms with Crippen LogP contribution in [0.5, 0.6) is 0 Å². The van der Waals surface area contributed by atoms with E-state index in [9.17, 15) is 9.18 Å². The molecule has 0 radical (unpaired) electrons. The molecule has 2 aliphatic heterocycles. The number of carbonyl (C=O) groups excluding carboxylic acids is 1. The van der Waals surface area contributed by atoms with Crippen molar-refractivity contribution in [3.8, 4) is 0 Å². The average Bonchev–Trinajstić information content (AvgIpc) is 3.44. The van der Waals surface area contributed by atoms with Crippen molar-refractivity contribution in [2.75, 3.05) is 19.6 Å². The zero-order valence-electron chi connectivity index (χ0n) is 16.4. The molecule has 5 rings (SSSR count). The van der Waals surface area contributed by atoms with Gasteiger partial charge in [-0.2, -0.15) is 5.10 Å². The number of aromatic amines is 1. The molecule has 0 bridgehead atoms. The van der Waals surface area contributed by atoms with Crippen molar-refractivity contribution >= 4 is 17.9 Å². The smallest absolute Gasteiger partial charge is 0.170 e. The van der Waals surface area contributed by atoms with Crippen LogP contribution in [-0.2, 0) is 6.54 Å². The Morgan fingerprint density at radius 3 is 2.76 bits per heavy atom. The van der Waals surface area contributed by atoms with E-state index in [2.05, 4.69) is 20.0 Å². The first-order chi connectivity index (χ1) is 14.1. The summed E-state index contributed by atoms with van der Waals surface area (Å²) < 4.78 is 13.4. The highest BCUT2D eigenvalue weighted by Crippen LogP contribution is 2.43. The Morgan fingerprint density at radius 1 is 1.24 bits per heavy atom. The van der Waals surface area contributed by atoms with Gasteiger partial charge in [0.15, 0.2) is 6.29 Å². The number of carbonyl (C=O) groups is 1. The van der Waals surface area contributed by atoms with E-state index in [4.69, 9.17) is 11.6 Å². The first kappa shape index (κ1) is 19.2. The van der Waals surface area contributed by atoms with Gasteiger partial charge in [-0.3, -0.25) is 19.7 Å². The van der Waals surface area contributed by atoms with E-state index in [-0.39, 0.29) is 23.3 Å². The lowest BCUT2D eigenvalue weighted by atomic mass is 9.87. The summed E-state index contributed by atoms with van der Waals surface area (Å²) in [5.41, 5.74) is 3.42. The minimum absolute atomic E-state index is 0.0437. The fourth-order valence-electron chi connectivity index (χ4n) is 5.03. The second-order valence-corrected chi connectivity index (χ2v) is 9.13. The Morgan fingerprint density at radius 2 is 2.03 bits per heavy atom. The minimum Gasteiger partial charge on any atom is -0.296 e. The highest BCUT2D eigenvalue weighted by Gasteiger charge is 2.41. The third-order valence-electron chi connectivity index (χ3n) is 6.66. The van der Waals surface area contributed by atoms with Gasteiger partial charge in [0.25, 0.3) is 0 Å². The molecule has 1 saturated carbocycles. The van der Waals surface area contributed by atoms with Gasteiger partial charge in [0.05, 0.1) is 17.2 Å². The summed E-state index contributed by atoms with van der Waals surface area (Å²) in [6.45, 7) is 3.65. The van der Waals surface area contributed by atoms with Crippen LogP contribution >= 0.6 is 11.6 Å². The van der Waals surface area contributed by atoms with Crippen molar-refractivity contribution in [1.82, 2.24) is 20.0 Å². The molecule has 3 atom stereocenters. The molecule has 1 N–H and O–H groups in total. The quantitative estimate of drug-likeness (QED) is 0.453. The maximum atomic E-state index is 13.4. The van der Waals surface area contributed by atoms with E-state index in [0.717, 1.165) is 68.0 Å². The lowest BCUT2D eigenvalue weighted by molar-refractivity contribution is 0.0736. The fraction of sp³-hybridized carbons (Fsp3) is 0.545. The number of benzene rings is 1. The zero-order valence-corrected chi connectivity index (χ0v) is 17.1. The molecular formula is C22H26ClFN4O. The summed E-state index contributed by atoms with van der Waals surface area (Å²) in [5, 5.41) is 7.37. The van der Waals surface area contributed by atoms with Crippen LogP contribution in [0.2, 0.25) is 0 Å². The molecule has 0 spiro atoms. The summed E-state index contributed by atoms with van der Waals surface area (Å²) in [4.78, 5) is 16.5. The van der Waals surface area contributed by atoms with Crippen molar-refractivity contribution < 1.29 is 9.18 Å². The van der Waals surface area contributed by atoms with Gasteiger partial charge in [0.2, 0.25) is 0 Å². The van der Waals surface area contributed by atoms with Gasteiger partial charge >= 0.3 is 0 Å². The van der Waals surface area contributed by atoms with E-state index in [0.29, 0.717) is 5.69 Å². The molecule has 3 heterocycles. The number of nitrogens with zero attached hydrogens (tertiary/aromatic N) is 3. The van der Waals surface area contributed by atoms with Crippen molar-refractivity contribution in [2.45, 2.75) is 49.7 Å². The molecule has 1 aromatic carbocycles. The van der Waals surface area contributed by atoms with E-state index in [1.54, 1.807) is 0 Å². The Hall–Kier alpha value is -1.76. The molecule has 1 saturated heterocycles. The largest absolute Gasteiger partial charge is 0.296 e. The van der Waals surface area contributed by atoms with Crippen LogP contribution in [-0.4, -0.2) is 51.4 Å². The van der Waals surface area contributed by atoms with Crippen molar-refractivity contribution in [3.05, 3.63) is 52.6 Å². The van der Waals surface area contributed by atoms with Crippen molar-refractivity contribution in [3.63, 3.8) is 0 Å². The first-order valence-electron chi connectivity index (χ1n) is 10.5. The number of nitrogens with one attached hydrogen (secondary N) is 1. The summed E-state index contributed by atoms with van der Waals surface area (Å²) in [5.74, 6) is 0.708. The third-order valence-corrected chi connectivity index (χ3v) is 7.22. The number of likely N-dealkylation sites (tertiary alicyclic amines) is 1. The van der Waals surface area contributed by atoms with Gasteiger partial charge in [-0.15, -0.1) is 11.6 Å². The van der Waals surface area contributed by atoms with Gasteiger partial charge < -0.3 is 0 Å². The normalized spacial score (nSPS) is 28.3. The summed E-state index contributed by atoms with van der Waals surface area (Å²) in [6, 6.07) is 6.75. The monoisotopic (exact) mass is 416 g/mol. The predicted molar refractivity (Wildman–Crippen MR) is 109 cm³/mol. The maximum Gasteiger partial charge on any atom is 0.170 e. The number of hydrogen-bond acceptors (Lipinski definition) is 4. The molecule has 2 fully saturated rings. The lowest BCUT2D eigenvalue weighted by Crippen LogP contribution is -2.49. The summed E-state index contributed by atoms with van der Waals surface area (Å²) >= 11 is 7.05. The molecule has 1 aromatic heterocycles. The van der Waals surface area contributed by atoms with E-state index in [1.165, 1.54) is 25.0 Å². The zero-order chi connectivity index (χ0) is 20.0. The molecule has 154 valence electrons. The minimum atomic E-state index is -0.228. The molecule has 1 aliphatic carbocycles. The molecule has 3 unspecified atom stereocenters. The van der Waals surface area contributed by atoms with Crippen LogP contribution in [0.25, 0.3) is 0 Å². The van der Waals surface area contributed by atoms with Crippen LogP contribution in [0.4, 0.5) is 4.39 Å². The molecule has 29 heavy (non-hydrogen) atoms. The Balaban J connectivity index is 1.45. The summed E-state index contributed by atoms with van der Waals surface area (Å²) in [6.07, 6.45) is 5.47. The van der Waals surface area contributed by atoms with Crippen molar-refractivity contribution in [2.24, 2.45) is 5.92 Å². The maximum absolute atomic E-state index is 13.4. The third kappa shape index (κ3) is 3.74. The van der Waals surface area contributed by atoms with E-state index < -0.39 is 0 Å². The Kier molecular flexibility index (Phi) is 5.18. The average molecular weight is 417 g/mol. The number of aromatic nitrogens is 2. The number of aldehydes is 1. The number of fused-ring (bicyclic) bond motifs is 1. The van der Waals surface area contributed by atoms with Gasteiger partial charge in [-0.05, 0) is 49.3 Å². The second kappa shape index (κ2) is 7.82. The number of halogens is 2. The van der Waals surface area contributed by atoms with Gasteiger partial charge in [0, 0.05) is 37.7 Å². The van der Waals surface area contributed by atoms with Crippen LogP contribution in [0.1, 0.15) is 65.0 Å². The first-order valence-corrected chi connectivity index (χ1v) is 11.0. The number of hydrogen-bond donors (Lipinski definition) is 1. The van der Waals surface area contributed by atoms with Crippen LogP contribution in [0.15, 0.2) is 24.3 Å². The Bertz CT molecular complexity index is 881. The van der Waals surface area contributed by atoms with E-state index >= 15 is 0 Å². The SMILES string of the molecule is O=Cc1n[nH]c2c1C(N1CCCC(c3ccc(F)cc3)C1Cl)CN(CC1CC1)C2. The van der Waals surface area contributed by atoms with Gasteiger partial charge in [-0.25, -0.2) is 4.39 Å². The van der Waals surface area contributed by atoms with E-state index in [1.807, 2.05) is 12.1 Å². The standard InChI is InChI=1S/C22H26ClFN4O/c23-22-17(15-5-7-16(24)8-6-15)2-1-9-28(22)20-12-27(10-14-3-4-14)11-18-21(20)19(13-29)26-25-18/h5-8,13-14,17,20,22H,1-4,9-12H2,(H,25,26). The number of rotatable bonds is 5. The Labute approximate surface area is 175 Å². The number of piperidine rings is 1. The molecule has 2 aromatic rings. The van der Waals surface area contributed by atoms with Crippen molar-refractivity contribution in [1.29, 1.82) is 0 Å². The molecular weight excluding hydrogens is 391 g/mol. The molecule has 5 nitrogen and oxygen atoms in total. The van der Waals surface area contributed by atoms with Crippen LogP contribution in [0, 0.1) is 11.7 Å². The number of H-pyrrole nitrogens is 1. The summed E-state index contributed by atoms with van der Waals surface area (Å²) in [7, 11) is 0. The van der Waals surface area contributed by atoms with Crippen LogP contribution < -0.4 is 0 Å². The molecule has 7 heteroatoms. The highest BCUT2D eigenvalue weighted by atomic mass is 35.5.